The topological polar surface area (TPSA) is 55.9 Å². The van der Waals surface area contributed by atoms with Crippen molar-refractivity contribution in [3.05, 3.63) is 18.2 Å². The van der Waals surface area contributed by atoms with E-state index >= 15 is 0 Å². The third-order valence-electron chi connectivity index (χ3n) is 4.04. The number of nitrogens with zero attached hydrogens (tertiary/aromatic N) is 2. The van der Waals surface area contributed by atoms with Crippen LogP contribution in [0.25, 0.3) is 0 Å². The summed E-state index contributed by atoms with van der Waals surface area (Å²) in [7, 11) is 0. The first-order valence-electron chi connectivity index (χ1n) is 7.34. The predicted molar refractivity (Wildman–Crippen MR) is 73.8 cm³/mol. The van der Waals surface area contributed by atoms with Crippen LogP contribution in [-0.4, -0.2) is 9.55 Å². The number of rotatable bonds is 5. The third-order valence-corrected chi connectivity index (χ3v) is 4.04. The molecule has 4 nitrogen and oxygen atoms in total. The molecule has 1 aromatic rings. The molecule has 3 N–H and O–H groups in total. The van der Waals surface area contributed by atoms with Gasteiger partial charge in [0.2, 0.25) is 0 Å². The van der Waals surface area contributed by atoms with E-state index in [0.717, 1.165) is 18.8 Å². The van der Waals surface area contributed by atoms with E-state index in [1.165, 1.54) is 38.5 Å². The number of hydrogen-bond donors (Lipinski definition) is 2. The van der Waals surface area contributed by atoms with E-state index in [1.807, 2.05) is 6.20 Å². The van der Waals surface area contributed by atoms with Crippen LogP contribution in [0.4, 0.5) is 0 Å². The molecule has 4 heteroatoms. The number of nitrogens with one attached hydrogen (secondary N) is 1. The second kappa shape index (κ2) is 6.90. The first-order valence-corrected chi connectivity index (χ1v) is 7.34. The Balaban J connectivity index is 2.12. The Bertz CT molecular complexity index is 339. The van der Waals surface area contributed by atoms with Crippen molar-refractivity contribution >= 4 is 0 Å². The lowest BCUT2D eigenvalue weighted by atomic mass is 9.91. The maximum Gasteiger partial charge on any atom is 0.127 e. The van der Waals surface area contributed by atoms with E-state index in [1.54, 1.807) is 0 Å². The summed E-state index contributed by atoms with van der Waals surface area (Å²) in [6.07, 6.45) is 13.0. The molecule has 1 heterocycles. The first-order chi connectivity index (χ1) is 8.86. The lowest BCUT2D eigenvalue weighted by Crippen LogP contribution is -2.35. The predicted octanol–water partition coefficient (Wildman–Crippen LogP) is 2.77. The number of hydrogen-bond acceptors (Lipinski definition) is 3. The largest absolute Gasteiger partial charge is 0.334 e. The van der Waals surface area contributed by atoms with Crippen LogP contribution in [0.1, 0.15) is 63.7 Å². The van der Waals surface area contributed by atoms with Crippen molar-refractivity contribution in [1.29, 1.82) is 0 Å². The van der Waals surface area contributed by atoms with Gasteiger partial charge in [-0.2, -0.15) is 0 Å². The fraction of sp³-hybridized carbons (Fsp3) is 0.786. The smallest absolute Gasteiger partial charge is 0.127 e. The summed E-state index contributed by atoms with van der Waals surface area (Å²) in [6.45, 7) is 3.22. The molecule has 2 rings (SSSR count). The quantitative estimate of drug-likeness (QED) is 0.480. The number of imidazole rings is 1. The molecule has 1 fully saturated rings. The van der Waals surface area contributed by atoms with Gasteiger partial charge in [0.25, 0.3) is 0 Å². The van der Waals surface area contributed by atoms with Crippen LogP contribution in [0, 0.1) is 5.92 Å². The lowest BCUT2D eigenvalue weighted by Gasteiger charge is -2.25. The molecule has 1 aromatic heterocycles. The molecular formula is C14H26N4. The number of aromatic nitrogens is 2. The molecule has 0 aliphatic heterocycles. The maximum absolute atomic E-state index is 5.81. The molecule has 1 aliphatic rings. The summed E-state index contributed by atoms with van der Waals surface area (Å²) in [5.74, 6) is 7.56. The van der Waals surface area contributed by atoms with Gasteiger partial charge in [-0.05, 0) is 25.2 Å². The second-order valence-corrected chi connectivity index (χ2v) is 5.37. The Kier molecular flexibility index (Phi) is 5.20. The summed E-state index contributed by atoms with van der Waals surface area (Å²) < 4.78 is 2.25. The van der Waals surface area contributed by atoms with E-state index in [9.17, 15) is 0 Å². The van der Waals surface area contributed by atoms with Crippen molar-refractivity contribution in [3.8, 4) is 0 Å². The molecule has 0 aromatic carbocycles. The molecule has 0 spiro atoms. The Morgan fingerprint density at radius 2 is 2.11 bits per heavy atom. The minimum Gasteiger partial charge on any atom is -0.334 e. The van der Waals surface area contributed by atoms with E-state index in [4.69, 9.17) is 5.84 Å². The van der Waals surface area contributed by atoms with Crippen LogP contribution in [0.15, 0.2) is 12.4 Å². The standard InChI is InChI=1S/C14H26N4/c1-2-10-18-11-9-16-14(18)13(17-15)12-7-5-3-4-6-8-12/h9,11-13,17H,2-8,10,15H2,1H3. The first kappa shape index (κ1) is 13.6. The minimum absolute atomic E-state index is 0.213. The molecule has 102 valence electrons. The molecule has 0 amide bonds. The fourth-order valence-electron chi connectivity index (χ4n) is 3.10. The van der Waals surface area contributed by atoms with Gasteiger partial charge >= 0.3 is 0 Å². The van der Waals surface area contributed by atoms with Crippen LogP contribution < -0.4 is 11.3 Å². The Morgan fingerprint density at radius 1 is 1.39 bits per heavy atom. The van der Waals surface area contributed by atoms with Crippen molar-refractivity contribution < 1.29 is 0 Å². The molecular weight excluding hydrogens is 224 g/mol. The van der Waals surface area contributed by atoms with Gasteiger partial charge in [-0.15, -0.1) is 0 Å². The molecule has 18 heavy (non-hydrogen) atoms. The molecule has 1 atom stereocenters. The zero-order chi connectivity index (χ0) is 12.8. The number of nitrogens with two attached hydrogens (primary N) is 1. The van der Waals surface area contributed by atoms with Crippen molar-refractivity contribution in [3.63, 3.8) is 0 Å². The van der Waals surface area contributed by atoms with Crippen LogP contribution in [0.2, 0.25) is 0 Å². The van der Waals surface area contributed by atoms with E-state index in [-0.39, 0.29) is 6.04 Å². The highest BCUT2D eigenvalue weighted by atomic mass is 15.3. The molecule has 0 radical (unpaired) electrons. The van der Waals surface area contributed by atoms with Crippen LogP contribution in [0.3, 0.4) is 0 Å². The second-order valence-electron chi connectivity index (χ2n) is 5.37. The molecule has 0 saturated heterocycles. The Hall–Kier alpha value is -0.870. The highest BCUT2D eigenvalue weighted by Gasteiger charge is 2.26. The normalized spacial score (nSPS) is 19.7. The van der Waals surface area contributed by atoms with Crippen molar-refractivity contribution in [2.75, 3.05) is 0 Å². The Labute approximate surface area is 110 Å². The van der Waals surface area contributed by atoms with Gasteiger partial charge < -0.3 is 4.57 Å². The summed E-state index contributed by atoms with van der Waals surface area (Å²) in [5.41, 5.74) is 3.02. The van der Waals surface area contributed by atoms with Gasteiger partial charge in [-0.1, -0.05) is 32.6 Å². The number of aryl methyl sites for hydroxylation is 1. The average Bonchev–Trinajstić information content (AvgIpc) is 2.66. The minimum atomic E-state index is 0.213. The van der Waals surface area contributed by atoms with Crippen molar-refractivity contribution in [2.45, 2.75) is 64.5 Å². The molecule has 0 bridgehead atoms. The van der Waals surface area contributed by atoms with Gasteiger partial charge in [0.15, 0.2) is 0 Å². The molecule has 1 aliphatic carbocycles. The van der Waals surface area contributed by atoms with Crippen LogP contribution >= 0.6 is 0 Å². The fourth-order valence-corrected chi connectivity index (χ4v) is 3.10. The maximum atomic E-state index is 5.81. The molecule has 1 unspecified atom stereocenters. The van der Waals surface area contributed by atoms with Gasteiger partial charge in [-0.3, -0.25) is 5.84 Å². The van der Waals surface area contributed by atoms with Crippen LogP contribution in [-0.2, 0) is 6.54 Å². The third kappa shape index (κ3) is 3.12. The zero-order valence-corrected chi connectivity index (χ0v) is 11.4. The van der Waals surface area contributed by atoms with Gasteiger partial charge in [0.1, 0.15) is 5.82 Å². The van der Waals surface area contributed by atoms with Gasteiger partial charge in [-0.25, -0.2) is 10.4 Å². The van der Waals surface area contributed by atoms with Crippen molar-refractivity contribution in [2.24, 2.45) is 11.8 Å². The van der Waals surface area contributed by atoms with Gasteiger partial charge in [0, 0.05) is 18.9 Å². The highest BCUT2D eigenvalue weighted by molar-refractivity contribution is 5.01. The zero-order valence-electron chi connectivity index (χ0n) is 11.4. The van der Waals surface area contributed by atoms with E-state index in [2.05, 4.69) is 28.1 Å². The highest BCUT2D eigenvalue weighted by Crippen LogP contribution is 2.32. The summed E-state index contributed by atoms with van der Waals surface area (Å²) in [4.78, 5) is 4.53. The number of hydrazine groups is 1. The van der Waals surface area contributed by atoms with Gasteiger partial charge in [0.05, 0.1) is 6.04 Å². The van der Waals surface area contributed by atoms with E-state index < -0.39 is 0 Å². The summed E-state index contributed by atoms with van der Waals surface area (Å²) in [6, 6.07) is 0.213. The lowest BCUT2D eigenvalue weighted by molar-refractivity contribution is 0.309. The monoisotopic (exact) mass is 250 g/mol. The summed E-state index contributed by atoms with van der Waals surface area (Å²) in [5, 5.41) is 0. The Morgan fingerprint density at radius 3 is 2.72 bits per heavy atom. The summed E-state index contributed by atoms with van der Waals surface area (Å²) >= 11 is 0. The van der Waals surface area contributed by atoms with E-state index in [0.29, 0.717) is 5.92 Å². The van der Waals surface area contributed by atoms with Crippen molar-refractivity contribution in [1.82, 2.24) is 15.0 Å². The van der Waals surface area contributed by atoms with Crippen LogP contribution in [0.5, 0.6) is 0 Å². The average molecular weight is 250 g/mol. The SMILES string of the molecule is CCCn1ccnc1C(NN)C1CCCCCC1. The molecule has 1 saturated carbocycles.